The number of amides is 1. The molecular weight excluding hydrogens is 360 g/mol. The maximum atomic E-state index is 13.6. The quantitative estimate of drug-likeness (QED) is 0.700. The zero-order valence-corrected chi connectivity index (χ0v) is 17.3. The van der Waals surface area contributed by atoms with Crippen molar-refractivity contribution in [3.8, 4) is 0 Å². The van der Waals surface area contributed by atoms with Gasteiger partial charge in [0, 0.05) is 31.2 Å². The van der Waals surface area contributed by atoms with Gasteiger partial charge in [-0.1, -0.05) is 48.5 Å². The molecule has 5 nitrogen and oxygen atoms in total. The molecule has 3 aromatic rings. The van der Waals surface area contributed by atoms with Crippen LogP contribution >= 0.6 is 0 Å². The molecule has 0 radical (unpaired) electrons. The Labute approximate surface area is 172 Å². The monoisotopic (exact) mass is 388 g/mol. The highest BCUT2D eigenvalue weighted by Crippen LogP contribution is 2.33. The van der Waals surface area contributed by atoms with E-state index < -0.39 is 0 Å². The van der Waals surface area contributed by atoms with Crippen molar-refractivity contribution < 1.29 is 4.79 Å². The van der Waals surface area contributed by atoms with E-state index in [9.17, 15) is 4.79 Å². The summed E-state index contributed by atoms with van der Waals surface area (Å²) < 4.78 is 2.15. The fourth-order valence-corrected chi connectivity index (χ4v) is 4.06. The van der Waals surface area contributed by atoms with E-state index in [1.807, 2.05) is 55.7 Å². The number of para-hydroxylation sites is 1. The minimum absolute atomic E-state index is 0.00131. The Kier molecular flexibility index (Phi) is 5.49. The highest BCUT2D eigenvalue weighted by Gasteiger charge is 2.37. The Morgan fingerprint density at radius 2 is 1.86 bits per heavy atom. The Balaban J connectivity index is 1.71. The summed E-state index contributed by atoms with van der Waals surface area (Å²) in [6.45, 7) is 7.82. The standard InChI is InChI=1S/C24H28N4O/c1-17(2)28-16-25-21-13-14-27(15-19-10-5-4-6-11-19)23(22(21)28)24(29)26-20-12-8-7-9-18(20)3/h4-12,16-17,23H,13-15H2,1-3H3,(H,26,29)/t23-/m0/s1. The topological polar surface area (TPSA) is 50.2 Å². The molecule has 1 aliphatic heterocycles. The number of fused-ring (bicyclic) bond motifs is 1. The van der Waals surface area contributed by atoms with Gasteiger partial charge in [-0.2, -0.15) is 0 Å². The molecule has 0 saturated heterocycles. The Morgan fingerprint density at radius 3 is 2.59 bits per heavy atom. The molecule has 0 unspecified atom stereocenters. The first-order chi connectivity index (χ1) is 14.0. The molecule has 1 N–H and O–H groups in total. The highest BCUT2D eigenvalue weighted by molar-refractivity contribution is 5.96. The maximum absolute atomic E-state index is 13.6. The van der Waals surface area contributed by atoms with Crippen LogP contribution in [0, 0.1) is 6.92 Å². The smallest absolute Gasteiger partial charge is 0.247 e. The number of imidazole rings is 1. The van der Waals surface area contributed by atoms with Gasteiger partial charge in [0.05, 0.1) is 17.7 Å². The van der Waals surface area contributed by atoms with Gasteiger partial charge in [0.1, 0.15) is 6.04 Å². The van der Waals surface area contributed by atoms with Crippen LogP contribution in [0.2, 0.25) is 0 Å². The van der Waals surface area contributed by atoms with Gasteiger partial charge in [-0.3, -0.25) is 9.69 Å². The molecule has 2 heterocycles. The van der Waals surface area contributed by atoms with Gasteiger partial charge in [0.2, 0.25) is 5.91 Å². The predicted molar refractivity (Wildman–Crippen MR) is 116 cm³/mol. The number of carbonyl (C=O) groups excluding carboxylic acids is 1. The molecule has 0 aliphatic carbocycles. The van der Waals surface area contributed by atoms with Crippen molar-refractivity contribution in [3.63, 3.8) is 0 Å². The summed E-state index contributed by atoms with van der Waals surface area (Å²) in [6.07, 6.45) is 2.74. The van der Waals surface area contributed by atoms with Crippen molar-refractivity contribution >= 4 is 11.6 Å². The molecule has 1 aromatic heterocycles. The molecule has 0 spiro atoms. The number of aromatic nitrogens is 2. The van der Waals surface area contributed by atoms with Crippen molar-refractivity contribution in [2.24, 2.45) is 0 Å². The average Bonchev–Trinajstić information content (AvgIpc) is 3.14. The van der Waals surface area contributed by atoms with Gasteiger partial charge in [-0.25, -0.2) is 4.98 Å². The summed E-state index contributed by atoms with van der Waals surface area (Å²) in [4.78, 5) is 20.5. The molecule has 2 aromatic carbocycles. The van der Waals surface area contributed by atoms with Crippen molar-refractivity contribution in [1.29, 1.82) is 0 Å². The van der Waals surface area contributed by atoms with Crippen LogP contribution < -0.4 is 5.32 Å². The van der Waals surface area contributed by atoms with Crippen LogP contribution in [0.25, 0.3) is 0 Å². The summed E-state index contributed by atoms with van der Waals surface area (Å²) in [5.74, 6) is -0.00131. The molecule has 150 valence electrons. The molecule has 1 atom stereocenters. The van der Waals surface area contributed by atoms with E-state index in [-0.39, 0.29) is 18.0 Å². The van der Waals surface area contributed by atoms with Crippen LogP contribution in [0.3, 0.4) is 0 Å². The third kappa shape index (κ3) is 3.96. The summed E-state index contributed by atoms with van der Waals surface area (Å²) >= 11 is 0. The summed E-state index contributed by atoms with van der Waals surface area (Å²) in [6, 6.07) is 18.1. The van der Waals surface area contributed by atoms with Crippen LogP contribution in [-0.2, 0) is 17.8 Å². The van der Waals surface area contributed by atoms with Gasteiger partial charge < -0.3 is 9.88 Å². The van der Waals surface area contributed by atoms with Gasteiger partial charge in [-0.05, 0) is 38.0 Å². The molecule has 0 fully saturated rings. The van der Waals surface area contributed by atoms with E-state index in [1.165, 1.54) is 5.56 Å². The lowest BCUT2D eigenvalue weighted by Crippen LogP contribution is -2.42. The molecule has 29 heavy (non-hydrogen) atoms. The van der Waals surface area contributed by atoms with E-state index in [2.05, 4.69) is 45.7 Å². The van der Waals surface area contributed by atoms with Crippen molar-refractivity contribution in [2.45, 2.75) is 45.8 Å². The molecular formula is C24H28N4O. The second kappa shape index (κ2) is 8.21. The number of benzene rings is 2. The van der Waals surface area contributed by atoms with Gasteiger partial charge in [0.15, 0.2) is 0 Å². The predicted octanol–water partition coefficient (Wildman–Crippen LogP) is 4.51. The zero-order chi connectivity index (χ0) is 20.4. The van der Waals surface area contributed by atoms with E-state index >= 15 is 0 Å². The largest absolute Gasteiger partial charge is 0.330 e. The van der Waals surface area contributed by atoms with Crippen molar-refractivity contribution in [1.82, 2.24) is 14.5 Å². The Morgan fingerprint density at radius 1 is 1.14 bits per heavy atom. The first-order valence-corrected chi connectivity index (χ1v) is 10.2. The fourth-order valence-electron chi connectivity index (χ4n) is 4.06. The van der Waals surface area contributed by atoms with E-state index in [0.29, 0.717) is 0 Å². The molecule has 0 saturated carbocycles. The van der Waals surface area contributed by atoms with Gasteiger partial charge in [0.25, 0.3) is 0 Å². The van der Waals surface area contributed by atoms with Crippen LogP contribution in [0.15, 0.2) is 60.9 Å². The Hall–Kier alpha value is -2.92. The molecule has 1 aliphatic rings. The summed E-state index contributed by atoms with van der Waals surface area (Å²) in [5, 5.41) is 3.17. The lowest BCUT2D eigenvalue weighted by molar-refractivity contribution is -0.122. The number of nitrogens with zero attached hydrogens (tertiary/aromatic N) is 3. The number of anilines is 1. The number of hydrogen-bond acceptors (Lipinski definition) is 3. The SMILES string of the molecule is Cc1ccccc1NC(=O)[C@@H]1c2c(ncn2C(C)C)CCN1Cc1ccccc1. The second-order valence-corrected chi connectivity index (χ2v) is 7.99. The van der Waals surface area contributed by atoms with Crippen LogP contribution in [0.5, 0.6) is 0 Å². The average molecular weight is 389 g/mol. The lowest BCUT2D eigenvalue weighted by Gasteiger charge is -2.36. The molecule has 1 amide bonds. The first-order valence-electron chi connectivity index (χ1n) is 10.2. The molecule has 0 bridgehead atoms. The molecule has 4 rings (SSSR count). The number of hydrogen-bond donors (Lipinski definition) is 1. The van der Waals surface area contributed by atoms with E-state index in [0.717, 1.165) is 42.1 Å². The number of rotatable bonds is 5. The van der Waals surface area contributed by atoms with Gasteiger partial charge >= 0.3 is 0 Å². The Bertz CT molecular complexity index is 993. The van der Waals surface area contributed by atoms with E-state index in [4.69, 9.17) is 0 Å². The number of nitrogens with one attached hydrogen (secondary N) is 1. The third-order valence-electron chi connectivity index (χ3n) is 5.61. The van der Waals surface area contributed by atoms with Crippen LogP contribution in [-0.4, -0.2) is 26.9 Å². The maximum Gasteiger partial charge on any atom is 0.247 e. The fraction of sp³-hybridized carbons (Fsp3) is 0.333. The first kappa shape index (κ1) is 19.4. The van der Waals surface area contributed by atoms with E-state index in [1.54, 1.807) is 0 Å². The third-order valence-corrected chi connectivity index (χ3v) is 5.61. The lowest BCUT2D eigenvalue weighted by atomic mass is 9.99. The summed E-state index contributed by atoms with van der Waals surface area (Å²) in [7, 11) is 0. The number of aryl methyl sites for hydroxylation is 1. The van der Waals surface area contributed by atoms with Crippen LogP contribution in [0.4, 0.5) is 5.69 Å². The van der Waals surface area contributed by atoms with Crippen molar-refractivity contribution in [2.75, 3.05) is 11.9 Å². The minimum Gasteiger partial charge on any atom is -0.330 e. The summed E-state index contributed by atoms with van der Waals surface area (Å²) in [5.41, 5.74) is 5.19. The van der Waals surface area contributed by atoms with Gasteiger partial charge in [-0.15, -0.1) is 0 Å². The minimum atomic E-state index is -0.372. The highest BCUT2D eigenvalue weighted by atomic mass is 16.2. The zero-order valence-electron chi connectivity index (χ0n) is 17.3. The van der Waals surface area contributed by atoms with Crippen molar-refractivity contribution in [3.05, 3.63) is 83.4 Å². The second-order valence-electron chi connectivity index (χ2n) is 7.99. The van der Waals surface area contributed by atoms with Crippen LogP contribution in [0.1, 0.15) is 48.4 Å². The molecule has 5 heteroatoms. The normalized spacial score (nSPS) is 16.6. The number of carbonyl (C=O) groups is 1.